The summed E-state index contributed by atoms with van der Waals surface area (Å²) in [6.45, 7) is 4.81. The van der Waals surface area contributed by atoms with Crippen LogP contribution < -0.4 is 5.73 Å². The molecular weight excluding hydrogens is 758 g/mol. The maximum absolute atomic E-state index is 12.6. The Kier molecular flexibility index (Phi) is 45.8. The molecule has 0 rings (SSSR count). The molecule has 3 N–H and O–H groups in total. The molecule has 0 aromatic rings. The minimum Gasteiger partial charge on any atom is -0.457 e. The van der Waals surface area contributed by atoms with Gasteiger partial charge in [-0.05, 0) is 57.8 Å². The molecule has 0 amide bonds. The number of carbonyl (C=O) groups excluding carboxylic acids is 1. The first-order chi connectivity index (χ1) is 28.9. The largest absolute Gasteiger partial charge is 0.472 e. The average molecular weight is 850 g/mol. The topological polar surface area (TPSA) is 117 Å². The molecule has 59 heavy (non-hydrogen) atoms. The van der Waals surface area contributed by atoms with E-state index in [1.807, 2.05) is 0 Å². The first-order valence-corrected chi connectivity index (χ1v) is 25.8. The number of hydrogen-bond donors (Lipinski definition) is 2. The van der Waals surface area contributed by atoms with Crippen molar-refractivity contribution < 1.29 is 32.8 Å². The second-order valence-electron chi connectivity index (χ2n) is 16.0. The standard InChI is InChI=1S/C50H92NO7P/c1-3-5-7-9-11-13-15-17-19-21-23-24-25-27-29-31-33-35-37-39-41-43-50(52)58-49(48-57-59(53,54)56-46-44-51)47-55-45-42-40-38-36-34-32-30-28-26-22-20-18-16-14-12-10-8-6-4-2/h5,7,11,13,17,19,23-24,27,29,49H,3-4,6,8-10,12,14-16,18,20-22,25-26,28,30-48,51H2,1-2H3,(H,53,54)/b7-5-,13-11-,19-17-,24-23-,29-27-. The first-order valence-electron chi connectivity index (χ1n) is 24.3. The van der Waals surface area contributed by atoms with E-state index < -0.39 is 13.9 Å². The molecule has 0 aliphatic carbocycles. The van der Waals surface area contributed by atoms with Gasteiger partial charge in [-0.25, -0.2) is 4.57 Å². The Labute approximate surface area is 363 Å². The summed E-state index contributed by atoms with van der Waals surface area (Å²) in [4.78, 5) is 22.6. The maximum Gasteiger partial charge on any atom is 0.472 e. The summed E-state index contributed by atoms with van der Waals surface area (Å²) in [5.74, 6) is -0.347. The van der Waals surface area contributed by atoms with E-state index in [4.69, 9.17) is 24.3 Å². The average Bonchev–Trinajstić information content (AvgIpc) is 3.23. The predicted octanol–water partition coefficient (Wildman–Crippen LogP) is 14.9. The van der Waals surface area contributed by atoms with Crippen LogP contribution in [0.1, 0.15) is 213 Å². The number of unbranched alkanes of at least 4 members (excludes halogenated alkanes) is 23. The highest BCUT2D eigenvalue weighted by Gasteiger charge is 2.25. The summed E-state index contributed by atoms with van der Waals surface area (Å²) >= 11 is 0. The Morgan fingerprint density at radius 1 is 0.525 bits per heavy atom. The summed E-state index contributed by atoms with van der Waals surface area (Å²) in [7, 11) is -4.29. The highest BCUT2D eigenvalue weighted by molar-refractivity contribution is 7.47. The van der Waals surface area contributed by atoms with E-state index in [9.17, 15) is 14.3 Å². The van der Waals surface area contributed by atoms with Crippen LogP contribution in [0.5, 0.6) is 0 Å². The van der Waals surface area contributed by atoms with E-state index in [0.717, 1.165) is 83.5 Å². The van der Waals surface area contributed by atoms with Crippen molar-refractivity contribution in [2.45, 2.75) is 219 Å². The van der Waals surface area contributed by atoms with Gasteiger partial charge in [-0.3, -0.25) is 13.8 Å². The van der Waals surface area contributed by atoms with Crippen LogP contribution in [0.15, 0.2) is 60.8 Å². The molecule has 0 bridgehead atoms. The van der Waals surface area contributed by atoms with Crippen LogP contribution in [0.25, 0.3) is 0 Å². The fraction of sp³-hybridized carbons (Fsp3) is 0.780. The molecule has 0 fully saturated rings. The molecule has 0 radical (unpaired) electrons. The first kappa shape index (κ1) is 57.2. The van der Waals surface area contributed by atoms with Gasteiger partial charge in [0.1, 0.15) is 6.10 Å². The van der Waals surface area contributed by atoms with Gasteiger partial charge in [-0.15, -0.1) is 0 Å². The predicted molar refractivity (Wildman–Crippen MR) is 252 cm³/mol. The maximum atomic E-state index is 12.6. The third-order valence-electron chi connectivity index (χ3n) is 10.2. The minimum atomic E-state index is -4.29. The fourth-order valence-corrected chi connectivity index (χ4v) is 7.44. The smallest absolute Gasteiger partial charge is 0.457 e. The van der Waals surface area contributed by atoms with Crippen molar-refractivity contribution in [3.05, 3.63) is 60.8 Å². The van der Waals surface area contributed by atoms with Crippen molar-refractivity contribution in [1.29, 1.82) is 0 Å². The van der Waals surface area contributed by atoms with Gasteiger partial charge in [0.25, 0.3) is 0 Å². The van der Waals surface area contributed by atoms with Crippen molar-refractivity contribution in [1.82, 2.24) is 0 Å². The number of hydrogen-bond acceptors (Lipinski definition) is 7. The van der Waals surface area contributed by atoms with E-state index in [1.165, 1.54) is 109 Å². The fourth-order valence-electron chi connectivity index (χ4n) is 6.67. The third kappa shape index (κ3) is 47.1. The van der Waals surface area contributed by atoms with Crippen molar-refractivity contribution in [2.24, 2.45) is 5.73 Å². The zero-order valence-electron chi connectivity index (χ0n) is 38.2. The lowest BCUT2D eigenvalue weighted by Gasteiger charge is -2.20. The number of phosphoric acid groups is 1. The number of rotatable bonds is 46. The lowest BCUT2D eigenvalue weighted by Crippen LogP contribution is -2.28. The third-order valence-corrected chi connectivity index (χ3v) is 11.2. The van der Waals surface area contributed by atoms with Gasteiger partial charge in [0.15, 0.2) is 0 Å². The lowest BCUT2D eigenvalue weighted by molar-refractivity contribution is -0.154. The second-order valence-corrected chi connectivity index (χ2v) is 17.4. The van der Waals surface area contributed by atoms with Crippen LogP contribution in [0.4, 0.5) is 0 Å². The number of carbonyl (C=O) groups is 1. The van der Waals surface area contributed by atoms with Crippen LogP contribution in [0.3, 0.4) is 0 Å². The molecule has 0 aromatic carbocycles. The SMILES string of the molecule is CC/C=C\C/C=C\C/C=C\C/C=C\C/C=C\CCCCCCCC(=O)OC(COCCCCCCCCCCCCCCCCCCCCC)COP(=O)(O)OCCN. The van der Waals surface area contributed by atoms with Gasteiger partial charge in [0.2, 0.25) is 0 Å². The molecule has 344 valence electrons. The number of phosphoric ester groups is 1. The van der Waals surface area contributed by atoms with Crippen LogP contribution in [0.2, 0.25) is 0 Å². The van der Waals surface area contributed by atoms with Gasteiger partial charge in [-0.1, -0.05) is 209 Å². The number of esters is 1. The van der Waals surface area contributed by atoms with E-state index in [-0.39, 0.29) is 32.3 Å². The molecule has 8 nitrogen and oxygen atoms in total. The molecule has 0 aliphatic heterocycles. The van der Waals surface area contributed by atoms with Crippen molar-refractivity contribution in [2.75, 3.05) is 33.0 Å². The zero-order valence-corrected chi connectivity index (χ0v) is 39.1. The highest BCUT2D eigenvalue weighted by Crippen LogP contribution is 2.43. The Morgan fingerprint density at radius 3 is 1.42 bits per heavy atom. The van der Waals surface area contributed by atoms with Crippen LogP contribution >= 0.6 is 7.82 Å². The normalized spacial score (nSPS) is 13.9. The van der Waals surface area contributed by atoms with Crippen molar-refractivity contribution in [3.63, 3.8) is 0 Å². The van der Waals surface area contributed by atoms with Gasteiger partial charge in [0.05, 0.1) is 19.8 Å². The van der Waals surface area contributed by atoms with Crippen LogP contribution in [-0.4, -0.2) is 49.9 Å². The molecule has 0 aliphatic rings. The Morgan fingerprint density at radius 2 is 0.949 bits per heavy atom. The van der Waals surface area contributed by atoms with E-state index in [0.29, 0.717) is 13.0 Å². The van der Waals surface area contributed by atoms with E-state index in [1.54, 1.807) is 0 Å². The Hall–Kier alpha value is -1.80. The molecular formula is C50H92NO7P. The van der Waals surface area contributed by atoms with Crippen LogP contribution in [-0.2, 0) is 27.9 Å². The van der Waals surface area contributed by atoms with Crippen LogP contribution in [0, 0.1) is 0 Å². The Bertz CT molecular complexity index is 1090. The molecule has 0 spiro atoms. The van der Waals surface area contributed by atoms with Gasteiger partial charge >= 0.3 is 13.8 Å². The van der Waals surface area contributed by atoms with Gasteiger partial charge < -0.3 is 20.1 Å². The minimum absolute atomic E-state index is 0.0955. The highest BCUT2D eigenvalue weighted by atomic mass is 31.2. The van der Waals surface area contributed by atoms with E-state index in [2.05, 4.69) is 74.6 Å². The van der Waals surface area contributed by atoms with Gasteiger partial charge in [0, 0.05) is 19.6 Å². The number of nitrogens with two attached hydrogens (primary N) is 1. The number of allylic oxidation sites excluding steroid dienone is 10. The zero-order chi connectivity index (χ0) is 43.0. The molecule has 0 aromatic heterocycles. The van der Waals surface area contributed by atoms with Gasteiger partial charge in [-0.2, -0.15) is 0 Å². The molecule has 0 heterocycles. The number of ether oxygens (including phenoxy) is 2. The quantitative estimate of drug-likeness (QED) is 0.0269. The summed E-state index contributed by atoms with van der Waals surface area (Å²) in [6.07, 6.45) is 58.2. The summed E-state index contributed by atoms with van der Waals surface area (Å²) < 4.78 is 33.5. The van der Waals surface area contributed by atoms with Crippen molar-refractivity contribution in [3.8, 4) is 0 Å². The molecule has 0 saturated carbocycles. The van der Waals surface area contributed by atoms with E-state index >= 15 is 0 Å². The molecule has 0 saturated heterocycles. The second kappa shape index (κ2) is 47.3. The summed E-state index contributed by atoms with van der Waals surface area (Å²) in [6, 6.07) is 0. The molecule has 9 heteroatoms. The lowest BCUT2D eigenvalue weighted by atomic mass is 10.0. The Balaban J connectivity index is 4.01. The molecule has 2 atom stereocenters. The summed E-state index contributed by atoms with van der Waals surface area (Å²) in [5, 5.41) is 0. The van der Waals surface area contributed by atoms with Crippen molar-refractivity contribution >= 4 is 13.8 Å². The monoisotopic (exact) mass is 850 g/mol. The summed E-state index contributed by atoms with van der Waals surface area (Å²) in [5.41, 5.74) is 5.38. The molecule has 2 unspecified atom stereocenters.